The molecule has 1 fully saturated rings. The lowest BCUT2D eigenvalue weighted by atomic mass is 10.1. The van der Waals surface area contributed by atoms with Crippen LogP contribution in [0.15, 0.2) is 36.0 Å². The highest BCUT2D eigenvalue weighted by atomic mass is 32.1. The first-order valence-corrected chi connectivity index (χ1v) is 8.32. The summed E-state index contributed by atoms with van der Waals surface area (Å²) in [7, 11) is 1.96. The van der Waals surface area contributed by atoms with E-state index in [4.69, 9.17) is 4.74 Å². The van der Waals surface area contributed by atoms with Crippen molar-refractivity contribution in [3.63, 3.8) is 0 Å². The molecule has 0 spiro atoms. The third-order valence-corrected chi connectivity index (χ3v) is 5.15. The standard InChI is InChI=1S/C16H18N4OS/c1-19-11-17-18-16(19)14-9-20(6-7-21-14)8-12-10-22-15-5-3-2-4-13(12)15/h2-5,10-11,14H,6-9H2,1H3. The third-order valence-electron chi connectivity index (χ3n) is 4.14. The second kappa shape index (κ2) is 5.79. The van der Waals surface area contributed by atoms with Crippen LogP contribution in [0.4, 0.5) is 0 Å². The van der Waals surface area contributed by atoms with Crippen molar-refractivity contribution in [1.29, 1.82) is 0 Å². The lowest BCUT2D eigenvalue weighted by Gasteiger charge is -2.32. The molecule has 0 bridgehead atoms. The number of rotatable bonds is 3. The van der Waals surface area contributed by atoms with Crippen LogP contribution in [0.3, 0.4) is 0 Å². The molecule has 1 saturated heterocycles. The number of hydrogen-bond acceptors (Lipinski definition) is 5. The van der Waals surface area contributed by atoms with Crippen molar-refractivity contribution >= 4 is 21.4 Å². The molecule has 22 heavy (non-hydrogen) atoms. The molecule has 0 amide bonds. The van der Waals surface area contributed by atoms with Gasteiger partial charge in [-0.15, -0.1) is 21.5 Å². The van der Waals surface area contributed by atoms with E-state index in [1.54, 1.807) is 6.33 Å². The average Bonchev–Trinajstić information content (AvgIpc) is 3.15. The van der Waals surface area contributed by atoms with Crippen LogP contribution in [-0.2, 0) is 18.3 Å². The molecule has 5 nitrogen and oxygen atoms in total. The number of nitrogens with zero attached hydrogens (tertiary/aromatic N) is 4. The second-order valence-electron chi connectivity index (χ2n) is 5.65. The largest absolute Gasteiger partial charge is 0.368 e. The fourth-order valence-electron chi connectivity index (χ4n) is 2.98. The zero-order valence-corrected chi connectivity index (χ0v) is 13.3. The van der Waals surface area contributed by atoms with Crippen LogP contribution < -0.4 is 0 Å². The van der Waals surface area contributed by atoms with Gasteiger partial charge in [0, 0.05) is 31.4 Å². The monoisotopic (exact) mass is 314 g/mol. The van der Waals surface area contributed by atoms with Crippen LogP contribution in [0.5, 0.6) is 0 Å². The van der Waals surface area contributed by atoms with Crippen molar-refractivity contribution in [3.05, 3.63) is 47.4 Å². The van der Waals surface area contributed by atoms with Crippen molar-refractivity contribution in [3.8, 4) is 0 Å². The van der Waals surface area contributed by atoms with Crippen LogP contribution in [0.25, 0.3) is 10.1 Å². The van der Waals surface area contributed by atoms with Gasteiger partial charge in [-0.05, 0) is 22.4 Å². The number of aromatic nitrogens is 3. The molecule has 2 aromatic heterocycles. The van der Waals surface area contributed by atoms with Gasteiger partial charge in [0.1, 0.15) is 12.4 Å². The summed E-state index contributed by atoms with van der Waals surface area (Å²) in [6, 6.07) is 8.61. The molecule has 1 aliphatic heterocycles. The summed E-state index contributed by atoms with van der Waals surface area (Å²) in [5.41, 5.74) is 1.40. The molecule has 114 valence electrons. The highest BCUT2D eigenvalue weighted by Gasteiger charge is 2.25. The number of benzene rings is 1. The van der Waals surface area contributed by atoms with Gasteiger partial charge in [-0.25, -0.2) is 0 Å². The van der Waals surface area contributed by atoms with E-state index in [2.05, 4.69) is 44.7 Å². The highest BCUT2D eigenvalue weighted by molar-refractivity contribution is 7.17. The van der Waals surface area contributed by atoms with Gasteiger partial charge in [-0.2, -0.15) is 0 Å². The number of morpholine rings is 1. The van der Waals surface area contributed by atoms with Gasteiger partial charge in [-0.1, -0.05) is 18.2 Å². The Balaban J connectivity index is 1.52. The Morgan fingerprint density at radius 2 is 2.27 bits per heavy atom. The summed E-state index contributed by atoms with van der Waals surface area (Å²) in [6.45, 7) is 3.51. The lowest BCUT2D eigenvalue weighted by Crippen LogP contribution is -2.38. The number of aryl methyl sites for hydroxylation is 1. The predicted octanol–water partition coefficient (Wildman–Crippen LogP) is 2.60. The van der Waals surface area contributed by atoms with Crippen molar-refractivity contribution in [2.45, 2.75) is 12.6 Å². The fraction of sp³-hybridized carbons (Fsp3) is 0.375. The number of hydrogen-bond donors (Lipinski definition) is 0. The summed E-state index contributed by atoms with van der Waals surface area (Å²) in [5.74, 6) is 0.903. The summed E-state index contributed by atoms with van der Waals surface area (Å²) in [4.78, 5) is 2.44. The molecule has 0 radical (unpaired) electrons. The first kappa shape index (κ1) is 13.9. The molecule has 1 aromatic carbocycles. The molecule has 3 heterocycles. The predicted molar refractivity (Wildman–Crippen MR) is 86.8 cm³/mol. The van der Waals surface area contributed by atoms with Gasteiger partial charge in [0.25, 0.3) is 0 Å². The van der Waals surface area contributed by atoms with Crippen LogP contribution in [0.1, 0.15) is 17.5 Å². The molecule has 4 rings (SSSR count). The topological polar surface area (TPSA) is 43.2 Å². The molecule has 1 atom stereocenters. The van der Waals surface area contributed by atoms with Crippen LogP contribution in [-0.4, -0.2) is 39.4 Å². The maximum Gasteiger partial charge on any atom is 0.163 e. The first-order chi connectivity index (χ1) is 10.8. The lowest BCUT2D eigenvalue weighted by molar-refractivity contribution is -0.0384. The summed E-state index contributed by atoms with van der Waals surface area (Å²) < 4.78 is 9.17. The van der Waals surface area contributed by atoms with E-state index in [1.807, 2.05) is 23.0 Å². The maximum absolute atomic E-state index is 5.88. The Hall–Kier alpha value is -1.76. The van der Waals surface area contributed by atoms with Crippen molar-refractivity contribution in [2.24, 2.45) is 7.05 Å². The molecule has 1 aliphatic rings. The van der Waals surface area contributed by atoms with Gasteiger partial charge < -0.3 is 9.30 Å². The minimum Gasteiger partial charge on any atom is -0.368 e. The Kier molecular flexibility index (Phi) is 3.65. The van der Waals surface area contributed by atoms with Gasteiger partial charge in [0.15, 0.2) is 5.82 Å². The van der Waals surface area contributed by atoms with Gasteiger partial charge in [-0.3, -0.25) is 4.90 Å². The molecule has 0 saturated carbocycles. The zero-order valence-electron chi connectivity index (χ0n) is 12.5. The van der Waals surface area contributed by atoms with E-state index >= 15 is 0 Å². The average molecular weight is 314 g/mol. The SMILES string of the molecule is Cn1cnnc1C1CN(Cc2csc3ccccc23)CCO1. The third kappa shape index (κ3) is 2.54. The zero-order chi connectivity index (χ0) is 14.9. The van der Waals surface area contributed by atoms with Gasteiger partial charge in [0.2, 0.25) is 0 Å². The van der Waals surface area contributed by atoms with E-state index in [1.165, 1.54) is 15.6 Å². The maximum atomic E-state index is 5.88. The van der Waals surface area contributed by atoms with Crippen molar-refractivity contribution in [1.82, 2.24) is 19.7 Å². The van der Waals surface area contributed by atoms with Crippen LogP contribution in [0.2, 0.25) is 0 Å². The Morgan fingerprint density at radius 1 is 1.36 bits per heavy atom. The second-order valence-corrected chi connectivity index (χ2v) is 6.56. The number of fused-ring (bicyclic) bond motifs is 1. The van der Waals surface area contributed by atoms with Gasteiger partial charge >= 0.3 is 0 Å². The molecular formula is C16H18N4OS. The van der Waals surface area contributed by atoms with Crippen molar-refractivity contribution in [2.75, 3.05) is 19.7 Å². The molecular weight excluding hydrogens is 296 g/mol. The van der Waals surface area contributed by atoms with E-state index in [0.29, 0.717) is 0 Å². The Labute approximate surface area is 133 Å². The quantitative estimate of drug-likeness (QED) is 0.745. The number of ether oxygens (including phenoxy) is 1. The van der Waals surface area contributed by atoms with E-state index in [-0.39, 0.29) is 6.10 Å². The molecule has 6 heteroatoms. The van der Waals surface area contributed by atoms with E-state index in [0.717, 1.165) is 32.1 Å². The first-order valence-electron chi connectivity index (χ1n) is 7.44. The molecule has 3 aromatic rings. The Morgan fingerprint density at radius 3 is 3.14 bits per heavy atom. The summed E-state index contributed by atoms with van der Waals surface area (Å²) in [5, 5.41) is 11.8. The summed E-state index contributed by atoms with van der Waals surface area (Å²) in [6.07, 6.45) is 1.73. The van der Waals surface area contributed by atoms with Crippen LogP contribution >= 0.6 is 11.3 Å². The Bertz CT molecular complexity index is 781. The molecule has 1 unspecified atom stereocenters. The smallest absolute Gasteiger partial charge is 0.163 e. The van der Waals surface area contributed by atoms with E-state index in [9.17, 15) is 0 Å². The van der Waals surface area contributed by atoms with Crippen LogP contribution in [0, 0.1) is 0 Å². The minimum atomic E-state index is 0.00569. The highest BCUT2D eigenvalue weighted by Crippen LogP contribution is 2.28. The van der Waals surface area contributed by atoms with Crippen molar-refractivity contribution < 1.29 is 4.74 Å². The molecule has 0 aliphatic carbocycles. The van der Waals surface area contributed by atoms with E-state index < -0.39 is 0 Å². The van der Waals surface area contributed by atoms with Gasteiger partial charge in [0.05, 0.1) is 6.61 Å². The molecule has 0 N–H and O–H groups in total. The summed E-state index contributed by atoms with van der Waals surface area (Å²) >= 11 is 1.82. The fourth-order valence-corrected chi connectivity index (χ4v) is 3.94. The minimum absolute atomic E-state index is 0.00569. The number of thiophene rings is 1. The normalized spacial score (nSPS) is 19.8.